The number of halogens is 1. The standard InChI is InChI=1S/C15H18BrN3O/c1-5-19-8-12(16)14(18-19)15(20)17-13-10(3)6-9(2)7-11(13)4/h6-8H,5H2,1-4H3,(H,17,20). The molecular weight excluding hydrogens is 318 g/mol. The Hall–Kier alpha value is -1.62. The molecular formula is C15H18BrN3O. The van der Waals surface area contributed by atoms with Gasteiger partial charge in [0.1, 0.15) is 0 Å². The quantitative estimate of drug-likeness (QED) is 0.926. The van der Waals surface area contributed by atoms with E-state index in [9.17, 15) is 4.79 Å². The van der Waals surface area contributed by atoms with Gasteiger partial charge in [-0.25, -0.2) is 0 Å². The average Bonchev–Trinajstić information content (AvgIpc) is 2.75. The van der Waals surface area contributed by atoms with Crippen LogP contribution in [-0.2, 0) is 6.54 Å². The highest BCUT2D eigenvalue weighted by molar-refractivity contribution is 9.10. The zero-order valence-corrected chi connectivity index (χ0v) is 13.7. The average molecular weight is 336 g/mol. The van der Waals surface area contributed by atoms with Gasteiger partial charge in [-0.15, -0.1) is 0 Å². The van der Waals surface area contributed by atoms with E-state index in [4.69, 9.17) is 0 Å². The van der Waals surface area contributed by atoms with Gasteiger partial charge in [0.25, 0.3) is 5.91 Å². The van der Waals surface area contributed by atoms with Crippen molar-refractivity contribution in [1.82, 2.24) is 9.78 Å². The first kappa shape index (κ1) is 14.8. The lowest BCUT2D eigenvalue weighted by molar-refractivity contribution is 0.102. The Morgan fingerprint density at radius 1 is 1.30 bits per heavy atom. The van der Waals surface area contributed by atoms with E-state index in [2.05, 4.69) is 38.5 Å². The van der Waals surface area contributed by atoms with Gasteiger partial charge >= 0.3 is 0 Å². The number of hydrogen-bond acceptors (Lipinski definition) is 2. The molecule has 1 aromatic carbocycles. The van der Waals surface area contributed by atoms with Crippen LogP contribution in [0.15, 0.2) is 22.8 Å². The highest BCUT2D eigenvalue weighted by Crippen LogP contribution is 2.23. The second-order valence-corrected chi connectivity index (χ2v) is 5.76. The molecule has 0 spiro atoms. The third-order valence-electron chi connectivity index (χ3n) is 3.17. The van der Waals surface area contributed by atoms with E-state index >= 15 is 0 Å². The highest BCUT2D eigenvalue weighted by Gasteiger charge is 2.16. The van der Waals surface area contributed by atoms with Gasteiger partial charge in [-0.05, 0) is 54.8 Å². The Bertz CT molecular complexity index is 638. The Morgan fingerprint density at radius 2 is 1.90 bits per heavy atom. The predicted molar refractivity (Wildman–Crippen MR) is 84.2 cm³/mol. The highest BCUT2D eigenvalue weighted by atomic mass is 79.9. The van der Waals surface area contributed by atoms with E-state index in [1.165, 1.54) is 5.56 Å². The summed E-state index contributed by atoms with van der Waals surface area (Å²) in [5.74, 6) is -0.195. The lowest BCUT2D eigenvalue weighted by Gasteiger charge is -2.12. The summed E-state index contributed by atoms with van der Waals surface area (Å²) < 4.78 is 2.44. The Morgan fingerprint density at radius 3 is 2.40 bits per heavy atom. The molecule has 1 N–H and O–H groups in total. The van der Waals surface area contributed by atoms with Gasteiger partial charge in [0.05, 0.1) is 4.47 Å². The first-order valence-electron chi connectivity index (χ1n) is 6.54. The van der Waals surface area contributed by atoms with Gasteiger partial charge in [0.15, 0.2) is 5.69 Å². The number of rotatable bonds is 3. The predicted octanol–water partition coefficient (Wildman–Crippen LogP) is 3.84. The SMILES string of the molecule is CCn1cc(Br)c(C(=O)Nc2c(C)cc(C)cc2C)n1. The van der Waals surface area contributed by atoms with Crippen LogP contribution in [0.2, 0.25) is 0 Å². The summed E-state index contributed by atoms with van der Waals surface area (Å²) in [6.07, 6.45) is 1.81. The van der Waals surface area contributed by atoms with Crippen LogP contribution in [0.25, 0.3) is 0 Å². The molecule has 1 amide bonds. The van der Waals surface area contributed by atoms with Crippen LogP contribution in [0.5, 0.6) is 0 Å². The van der Waals surface area contributed by atoms with Crippen molar-refractivity contribution in [2.75, 3.05) is 5.32 Å². The van der Waals surface area contributed by atoms with Crippen LogP contribution in [0.4, 0.5) is 5.69 Å². The topological polar surface area (TPSA) is 46.9 Å². The summed E-state index contributed by atoms with van der Waals surface area (Å²) in [7, 11) is 0. The Balaban J connectivity index is 2.30. The molecule has 0 bridgehead atoms. The van der Waals surface area contributed by atoms with Crippen molar-refractivity contribution in [2.24, 2.45) is 0 Å². The van der Waals surface area contributed by atoms with Crippen LogP contribution in [0, 0.1) is 20.8 Å². The van der Waals surface area contributed by atoms with Crippen molar-refractivity contribution >= 4 is 27.5 Å². The number of aromatic nitrogens is 2. The van der Waals surface area contributed by atoms with Gasteiger partial charge in [0, 0.05) is 18.4 Å². The lowest BCUT2D eigenvalue weighted by Crippen LogP contribution is -2.15. The third kappa shape index (κ3) is 2.93. The van der Waals surface area contributed by atoms with Gasteiger partial charge < -0.3 is 5.32 Å². The number of nitrogens with one attached hydrogen (secondary N) is 1. The number of benzene rings is 1. The first-order chi connectivity index (χ1) is 9.42. The second kappa shape index (κ2) is 5.79. The summed E-state index contributed by atoms with van der Waals surface area (Å²) in [6, 6.07) is 4.12. The summed E-state index contributed by atoms with van der Waals surface area (Å²) in [5, 5.41) is 7.21. The lowest BCUT2D eigenvalue weighted by atomic mass is 10.1. The van der Waals surface area contributed by atoms with Gasteiger partial charge in [-0.2, -0.15) is 5.10 Å². The molecule has 20 heavy (non-hydrogen) atoms. The first-order valence-corrected chi connectivity index (χ1v) is 7.33. The third-order valence-corrected chi connectivity index (χ3v) is 3.75. The number of carbonyl (C=O) groups is 1. The van der Waals surface area contributed by atoms with Crippen molar-refractivity contribution in [1.29, 1.82) is 0 Å². The summed E-state index contributed by atoms with van der Waals surface area (Å²) >= 11 is 3.38. The second-order valence-electron chi connectivity index (χ2n) is 4.91. The normalized spacial score (nSPS) is 10.7. The van der Waals surface area contributed by atoms with E-state index in [0.29, 0.717) is 10.2 Å². The summed E-state index contributed by atoms with van der Waals surface area (Å²) in [4.78, 5) is 12.3. The molecule has 0 aliphatic heterocycles. The number of hydrogen-bond donors (Lipinski definition) is 1. The van der Waals surface area contributed by atoms with E-state index in [1.807, 2.05) is 33.9 Å². The van der Waals surface area contributed by atoms with E-state index < -0.39 is 0 Å². The van der Waals surface area contributed by atoms with Crippen molar-refractivity contribution in [3.63, 3.8) is 0 Å². The van der Waals surface area contributed by atoms with Crippen LogP contribution < -0.4 is 5.32 Å². The number of carbonyl (C=O) groups excluding carboxylic acids is 1. The summed E-state index contributed by atoms with van der Waals surface area (Å²) in [5.41, 5.74) is 4.57. The number of amides is 1. The minimum atomic E-state index is -0.195. The van der Waals surface area contributed by atoms with E-state index in [0.717, 1.165) is 23.4 Å². The van der Waals surface area contributed by atoms with Crippen LogP contribution in [-0.4, -0.2) is 15.7 Å². The molecule has 0 atom stereocenters. The van der Waals surface area contributed by atoms with Crippen molar-refractivity contribution in [2.45, 2.75) is 34.2 Å². The maximum Gasteiger partial charge on any atom is 0.277 e. The van der Waals surface area contributed by atoms with Gasteiger partial charge in [0.2, 0.25) is 0 Å². The number of nitrogens with zero attached hydrogens (tertiary/aromatic N) is 2. The molecule has 2 rings (SSSR count). The minimum Gasteiger partial charge on any atom is -0.320 e. The molecule has 5 heteroatoms. The van der Waals surface area contributed by atoms with Crippen LogP contribution >= 0.6 is 15.9 Å². The van der Waals surface area contributed by atoms with Crippen molar-refractivity contribution in [3.8, 4) is 0 Å². The largest absolute Gasteiger partial charge is 0.320 e. The van der Waals surface area contributed by atoms with E-state index in [1.54, 1.807) is 4.68 Å². The molecule has 0 unspecified atom stereocenters. The fraction of sp³-hybridized carbons (Fsp3) is 0.333. The summed E-state index contributed by atoms with van der Waals surface area (Å²) in [6.45, 7) is 8.75. The molecule has 106 valence electrons. The molecule has 0 radical (unpaired) electrons. The van der Waals surface area contributed by atoms with Crippen LogP contribution in [0.3, 0.4) is 0 Å². The maximum atomic E-state index is 12.3. The minimum absolute atomic E-state index is 0.195. The molecule has 1 heterocycles. The molecule has 0 aliphatic rings. The maximum absolute atomic E-state index is 12.3. The van der Waals surface area contributed by atoms with E-state index in [-0.39, 0.29) is 5.91 Å². The van der Waals surface area contributed by atoms with Crippen molar-refractivity contribution in [3.05, 3.63) is 45.2 Å². The zero-order valence-electron chi connectivity index (χ0n) is 12.1. The monoisotopic (exact) mass is 335 g/mol. The molecule has 0 saturated heterocycles. The molecule has 0 aliphatic carbocycles. The van der Waals surface area contributed by atoms with Crippen LogP contribution in [0.1, 0.15) is 34.1 Å². The molecule has 0 fully saturated rings. The van der Waals surface area contributed by atoms with Gasteiger partial charge in [-0.3, -0.25) is 9.48 Å². The molecule has 4 nitrogen and oxygen atoms in total. The Labute approximate surface area is 127 Å². The zero-order chi connectivity index (χ0) is 14.9. The molecule has 0 saturated carbocycles. The molecule has 1 aromatic heterocycles. The Kier molecular flexibility index (Phi) is 4.28. The number of aryl methyl sites for hydroxylation is 4. The fourth-order valence-corrected chi connectivity index (χ4v) is 2.76. The smallest absolute Gasteiger partial charge is 0.277 e. The van der Waals surface area contributed by atoms with Gasteiger partial charge in [-0.1, -0.05) is 17.7 Å². The number of anilines is 1. The fourth-order valence-electron chi connectivity index (χ4n) is 2.26. The molecule has 2 aromatic rings. The van der Waals surface area contributed by atoms with Crippen molar-refractivity contribution < 1.29 is 4.79 Å².